The fourth-order valence-corrected chi connectivity index (χ4v) is 2.90. The summed E-state index contributed by atoms with van der Waals surface area (Å²) >= 11 is 0. The SMILES string of the molecule is Cn1nc(CC(O)CC2CCOC2)c2ccccc21. The normalized spacial score (nSPS) is 21.1. The first kappa shape index (κ1) is 12.6. The Hall–Kier alpha value is -1.39. The second kappa shape index (κ2) is 5.31. The third kappa shape index (κ3) is 2.65. The van der Waals surface area contributed by atoms with Gasteiger partial charge in [0, 0.05) is 32.1 Å². The molecule has 0 bridgehead atoms. The molecule has 19 heavy (non-hydrogen) atoms. The van der Waals surface area contributed by atoms with Crippen molar-refractivity contribution < 1.29 is 9.84 Å². The molecule has 0 spiro atoms. The van der Waals surface area contributed by atoms with E-state index in [2.05, 4.69) is 17.2 Å². The molecule has 1 N–H and O–H groups in total. The summed E-state index contributed by atoms with van der Waals surface area (Å²) in [5, 5.41) is 15.9. The molecular formula is C15H20N2O2. The van der Waals surface area contributed by atoms with Crippen LogP contribution >= 0.6 is 0 Å². The van der Waals surface area contributed by atoms with Gasteiger partial charge in [-0.2, -0.15) is 5.10 Å². The van der Waals surface area contributed by atoms with Crippen molar-refractivity contribution in [2.24, 2.45) is 13.0 Å². The highest BCUT2D eigenvalue weighted by Gasteiger charge is 2.21. The van der Waals surface area contributed by atoms with Crippen LogP contribution in [0.3, 0.4) is 0 Å². The maximum Gasteiger partial charge on any atom is 0.0728 e. The topological polar surface area (TPSA) is 47.3 Å². The molecule has 0 radical (unpaired) electrons. The van der Waals surface area contributed by atoms with E-state index in [4.69, 9.17) is 4.74 Å². The van der Waals surface area contributed by atoms with Crippen LogP contribution in [0.25, 0.3) is 10.9 Å². The Morgan fingerprint density at radius 1 is 1.47 bits per heavy atom. The van der Waals surface area contributed by atoms with E-state index in [-0.39, 0.29) is 6.10 Å². The molecule has 0 amide bonds. The predicted molar refractivity (Wildman–Crippen MR) is 74.0 cm³/mol. The largest absolute Gasteiger partial charge is 0.393 e. The second-order valence-corrected chi connectivity index (χ2v) is 5.41. The van der Waals surface area contributed by atoms with E-state index in [1.165, 1.54) is 0 Å². The molecule has 2 unspecified atom stereocenters. The van der Waals surface area contributed by atoms with E-state index in [0.717, 1.165) is 42.7 Å². The van der Waals surface area contributed by atoms with Gasteiger partial charge in [-0.25, -0.2) is 0 Å². The van der Waals surface area contributed by atoms with Crippen LogP contribution in [0, 0.1) is 5.92 Å². The van der Waals surface area contributed by atoms with Crippen LogP contribution in [-0.4, -0.2) is 34.2 Å². The van der Waals surface area contributed by atoms with Crippen molar-refractivity contribution in [2.75, 3.05) is 13.2 Å². The van der Waals surface area contributed by atoms with Gasteiger partial charge in [0.2, 0.25) is 0 Å². The monoisotopic (exact) mass is 260 g/mol. The Kier molecular flexibility index (Phi) is 3.53. The van der Waals surface area contributed by atoms with E-state index in [1.807, 2.05) is 23.9 Å². The van der Waals surface area contributed by atoms with Gasteiger partial charge in [0.05, 0.1) is 17.3 Å². The zero-order chi connectivity index (χ0) is 13.2. The smallest absolute Gasteiger partial charge is 0.0728 e. The number of para-hydroxylation sites is 1. The van der Waals surface area contributed by atoms with Crippen LogP contribution in [0.2, 0.25) is 0 Å². The number of fused-ring (bicyclic) bond motifs is 1. The highest BCUT2D eigenvalue weighted by atomic mass is 16.5. The molecule has 2 heterocycles. The summed E-state index contributed by atoms with van der Waals surface area (Å²) in [4.78, 5) is 0. The third-order valence-electron chi connectivity index (χ3n) is 3.89. The summed E-state index contributed by atoms with van der Waals surface area (Å²) in [6, 6.07) is 8.16. The molecule has 0 aliphatic carbocycles. The lowest BCUT2D eigenvalue weighted by Gasteiger charge is -2.13. The Bertz CT molecular complexity index is 558. The Morgan fingerprint density at radius 3 is 3.11 bits per heavy atom. The molecule has 4 heteroatoms. The summed E-state index contributed by atoms with van der Waals surface area (Å²) in [7, 11) is 1.95. The molecule has 3 rings (SSSR count). The molecule has 1 aromatic carbocycles. The fraction of sp³-hybridized carbons (Fsp3) is 0.533. The van der Waals surface area contributed by atoms with Crippen molar-refractivity contribution in [3.05, 3.63) is 30.0 Å². The van der Waals surface area contributed by atoms with Crippen molar-refractivity contribution in [3.63, 3.8) is 0 Å². The molecule has 1 fully saturated rings. The number of benzene rings is 1. The molecule has 1 aromatic heterocycles. The minimum absolute atomic E-state index is 0.329. The summed E-state index contributed by atoms with van der Waals surface area (Å²) in [6.45, 7) is 1.63. The number of aryl methyl sites for hydroxylation is 1. The van der Waals surface area contributed by atoms with Crippen LogP contribution in [0.1, 0.15) is 18.5 Å². The quantitative estimate of drug-likeness (QED) is 0.913. The van der Waals surface area contributed by atoms with Gasteiger partial charge in [0.1, 0.15) is 0 Å². The standard InChI is InChI=1S/C15H20N2O2/c1-17-15-5-3-2-4-13(15)14(16-17)9-12(18)8-11-6-7-19-10-11/h2-5,11-12,18H,6-10H2,1H3. The van der Waals surface area contributed by atoms with Crippen LogP contribution < -0.4 is 0 Å². The van der Waals surface area contributed by atoms with Gasteiger partial charge in [0.15, 0.2) is 0 Å². The Labute approximate surface area is 113 Å². The van der Waals surface area contributed by atoms with Crippen molar-refractivity contribution in [2.45, 2.75) is 25.4 Å². The van der Waals surface area contributed by atoms with Crippen LogP contribution in [0.5, 0.6) is 0 Å². The molecule has 0 saturated carbocycles. The van der Waals surface area contributed by atoms with E-state index in [9.17, 15) is 5.11 Å². The van der Waals surface area contributed by atoms with Gasteiger partial charge in [-0.3, -0.25) is 4.68 Å². The second-order valence-electron chi connectivity index (χ2n) is 5.41. The molecule has 4 nitrogen and oxygen atoms in total. The molecule has 1 aliphatic rings. The van der Waals surface area contributed by atoms with Crippen LogP contribution in [0.4, 0.5) is 0 Å². The zero-order valence-corrected chi connectivity index (χ0v) is 11.2. The van der Waals surface area contributed by atoms with Gasteiger partial charge in [-0.1, -0.05) is 18.2 Å². The molecule has 2 aromatic rings. The van der Waals surface area contributed by atoms with E-state index >= 15 is 0 Å². The van der Waals surface area contributed by atoms with Crippen molar-refractivity contribution >= 4 is 10.9 Å². The van der Waals surface area contributed by atoms with Crippen molar-refractivity contribution in [1.82, 2.24) is 9.78 Å². The summed E-state index contributed by atoms with van der Waals surface area (Å²) in [5.74, 6) is 0.505. The first-order chi connectivity index (χ1) is 9.24. The lowest BCUT2D eigenvalue weighted by atomic mass is 9.97. The van der Waals surface area contributed by atoms with Crippen LogP contribution in [0.15, 0.2) is 24.3 Å². The summed E-state index contributed by atoms with van der Waals surface area (Å²) in [5.41, 5.74) is 2.11. The third-order valence-corrected chi connectivity index (χ3v) is 3.89. The minimum Gasteiger partial charge on any atom is -0.393 e. The van der Waals surface area contributed by atoms with E-state index in [1.54, 1.807) is 0 Å². The average molecular weight is 260 g/mol. The molecule has 1 saturated heterocycles. The first-order valence-electron chi connectivity index (χ1n) is 6.90. The number of ether oxygens (including phenoxy) is 1. The lowest BCUT2D eigenvalue weighted by Crippen LogP contribution is -2.17. The zero-order valence-electron chi connectivity index (χ0n) is 11.2. The van der Waals surface area contributed by atoms with Gasteiger partial charge in [0.25, 0.3) is 0 Å². The highest BCUT2D eigenvalue weighted by Crippen LogP contribution is 2.23. The highest BCUT2D eigenvalue weighted by molar-refractivity contribution is 5.81. The molecule has 102 valence electrons. The van der Waals surface area contributed by atoms with Gasteiger partial charge in [-0.15, -0.1) is 0 Å². The molecule has 1 aliphatic heterocycles. The molecular weight excluding hydrogens is 240 g/mol. The lowest BCUT2D eigenvalue weighted by molar-refractivity contribution is 0.128. The maximum absolute atomic E-state index is 10.2. The van der Waals surface area contributed by atoms with Gasteiger partial charge < -0.3 is 9.84 Å². The number of aromatic nitrogens is 2. The molecule has 2 atom stereocenters. The van der Waals surface area contributed by atoms with Crippen molar-refractivity contribution in [3.8, 4) is 0 Å². The van der Waals surface area contributed by atoms with E-state index < -0.39 is 0 Å². The minimum atomic E-state index is -0.329. The van der Waals surface area contributed by atoms with E-state index in [0.29, 0.717) is 12.3 Å². The number of hydrogen-bond donors (Lipinski definition) is 1. The number of aliphatic hydroxyl groups is 1. The summed E-state index contributed by atoms with van der Waals surface area (Å²) < 4.78 is 7.24. The van der Waals surface area contributed by atoms with Crippen molar-refractivity contribution in [1.29, 1.82) is 0 Å². The van der Waals surface area contributed by atoms with Crippen LogP contribution in [-0.2, 0) is 18.2 Å². The average Bonchev–Trinajstić information content (AvgIpc) is 3.00. The number of aliphatic hydroxyl groups excluding tert-OH is 1. The number of nitrogens with zero attached hydrogens (tertiary/aromatic N) is 2. The maximum atomic E-state index is 10.2. The first-order valence-corrected chi connectivity index (χ1v) is 6.90. The predicted octanol–water partition coefficient (Wildman–Crippen LogP) is 1.90. The number of rotatable bonds is 4. The number of hydrogen-bond acceptors (Lipinski definition) is 3. The Morgan fingerprint density at radius 2 is 2.32 bits per heavy atom. The summed E-state index contributed by atoms with van der Waals surface area (Å²) in [6.07, 6.45) is 2.17. The van der Waals surface area contributed by atoms with Gasteiger partial charge >= 0.3 is 0 Å². The fourth-order valence-electron chi connectivity index (χ4n) is 2.90. The van der Waals surface area contributed by atoms with Gasteiger partial charge in [-0.05, 0) is 24.8 Å². The Balaban J connectivity index is 1.73.